The number of ether oxygens (including phenoxy) is 1. The van der Waals surface area contributed by atoms with E-state index in [0.29, 0.717) is 32.7 Å². The normalized spacial score (nSPS) is 9.64. The quantitative estimate of drug-likeness (QED) is 0.514. The van der Waals surface area contributed by atoms with E-state index in [4.69, 9.17) is 10.5 Å². The molecule has 0 aromatic heterocycles. The molecule has 0 rings (SSSR count). The Kier molecular flexibility index (Phi) is 7.08. The van der Waals surface area contributed by atoms with Crippen molar-refractivity contribution in [3.8, 4) is 0 Å². The molecular formula is C7H16N2O2. The summed E-state index contributed by atoms with van der Waals surface area (Å²) >= 11 is 0. The van der Waals surface area contributed by atoms with Gasteiger partial charge in [-0.2, -0.15) is 0 Å². The third kappa shape index (κ3) is 7.29. The molecule has 11 heavy (non-hydrogen) atoms. The first-order valence-electron chi connectivity index (χ1n) is 3.85. The molecule has 0 unspecified atom stereocenters. The van der Waals surface area contributed by atoms with E-state index in [9.17, 15) is 4.79 Å². The van der Waals surface area contributed by atoms with Crippen LogP contribution in [0, 0.1) is 0 Å². The molecule has 0 aromatic rings. The number of hydrogen-bond donors (Lipinski definition) is 2. The summed E-state index contributed by atoms with van der Waals surface area (Å²) in [6.07, 6.45) is 0.424. The first-order valence-corrected chi connectivity index (χ1v) is 3.85. The second-order valence-corrected chi connectivity index (χ2v) is 2.09. The van der Waals surface area contributed by atoms with Crippen LogP contribution < -0.4 is 11.1 Å². The van der Waals surface area contributed by atoms with Crippen LogP contribution in [0.1, 0.15) is 13.3 Å². The molecule has 4 nitrogen and oxygen atoms in total. The van der Waals surface area contributed by atoms with Gasteiger partial charge in [0.25, 0.3) is 0 Å². The van der Waals surface area contributed by atoms with Gasteiger partial charge in [0.1, 0.15) is 0 Å². The van der Waals surface area contributed by atoms with E-state index in [1.807, 2.05) is 6.92 Å². The van der Waals surface area contributed by atoms with E-state index >= 15 is 0 Å². The maximum Gasteiger partial charge on any atom is 0.222 e. The molecule has 0 spiro atoms. The number of amides is 1. The van der Waals surface area contributed by atoms with Crippen LogP contribution in [-0.2, 0) is 9.53 Å². The lowest BCUT2D eigenvalue weighted by Crippen LogP contribution is -2.29. The van der Waals surface area contributed by atoms with Crippen LogP contribution in [0.5, 0.6) is 0 Å². The fraction of sp³-hybridized carbons (Fsp3) is 0.857. The van der Waals surface area contributed by atoms with E-state index in [1.165, 1.54) is 0 Å². The van der Waals surface area contributed by atoms with Crippen molar-refractivity contribution in [2.45, 2.75) is 13.3 Å². The summed E-state index contributed by atoms with van der Waals surface area (Å²) in [6, 6.07) is 0. The van der Waals surface area contributed by atoms with Crippen molar-refractivity contribution in [2.75, 3.05) is 26.3 Å². The zero-order valence-corrected chi connectivity index (χ0v) is 6.93. The lowest BCUT2D eigenvalue weighted by Gasteiger charge is -2.02. The number of hydrogen-bond acceptors (Lipinski definition) is 3. The summed E-state index contributed by atoms with van der Waals surface area (Å²) in [5.74, 6) is 0.00361. The van der Waals surface area contributed by atoms with Gasteiger partial charge in [-0.15, -0.1) is 0 Å². The third-order valence-electron chi connectivity index (χ3n) is 1.14. The van der Waals surface area contributed by atoms with Crippen molar-refractivity contribution in [1.82, 2.24) is 5.32 Å². The highest BCUT2D eigenvalue weighted by atomic mass is 16.5. The highest BCUT2D eigenvalue weighted by molar-refractivity contribution is 5.75. The predicted octanol–water partition coefficient (Wildman–Crippen LogP) is -0.512. The van der Waals surface area contributed by atoms with Crippen molar-refractivity contribution in [2.24, 2.45) is 5.73 Å². The van der Waals surface area contributed by atoms with Gasteiger partial charge in [0, 0.05) is 26.1 Å². The van der Waals surface area contributed by atoms with Crippen LogP contribution in [0.15, 0.2) is 0 Å². The SMILES string of the molecule is CCOCCC(=O)NCCN. The minimum absolute atomic E-state index is 0.00361. The molecule has 0 bridgehead atoms. The Labute approximate surface area is 67.1 Å². The predicted molar refractivity (Wildman–Crippen MR) is 43.2 cm³/mol. The number of nitrogens with two attached hydrogens (primary N) is 1. The van der Waals surface area contributed by atoms with Gasteiger partial charge in [0.05, 0.1) is 6.61 Å². The Morgan fingerprint density at radius 3 is 2.91 bits per heavy atom. The van der Waals surface area contributed by atoms with Gasteiger partial charge in [0.15, 0.2) is 0 Å². The van der Waals surface area contributed by atoms with Crippen molar-refractivity contribution in [3.63, 3.8) is 0 Å². The summed E-state index contributed by atoms with van der Waals surface area (Å²) in [5, 5.41) is 2.65. The van der Waals surface area contributed by atoms with Gasteiger partial charge in [-0.3, -0.25) is 4.79 Å². The zero-order chi connectivity index (χ0) is 8.53. The van der Waals surface area contributed by atoms with Crippen LogP contribution in [0.25, 0.3) is 0 Å². The highest BCUT2D eigenvalue weighted by Gasteiger charge is 1.97. The molecule has 1 amide bonds. The molecular weight excluding hydrogens is 144 g/mol. The molecule has 3 N–H and O–H groups in total. The number of rotatable bonds is 6. The van der Waals surface area contributed by atoms with E-state index in [-0.39, 0.29) is 5.91 Å². The van der Waals surface area contributed by atoms with Gasteiger partial charge >= 0.3 is 0 Å². The molecule has 0 aromatic carbocycles. The van der Waals surface area contributed by atoms with Gasteiger partial charge in [0.2, 0.25) is 5.91 Å². The van der Waals surface area contributed by atoms with Crippen molar-refractivity contribution in [3.05, 3.63) is 0 Å². The first kappa shape index (κ1) is 10.4. The number of carbonyl (C=O) groups excluding carboxylic acids is 1. The van der Waals surface area contributed by atoms with Crippen molar-refractivity contribution >= 4 is 5.91 Å². The van der Waals surface area contributed by atoms with E-state index in [1.54, 1.807) is 0 Å². The summed E-state index contributed by atoms with van der Waals surface area (Å²) in [4.78, 5) is 10.8. The standard InChI is InChI=1S/C7H16N2O2/c1-2-11-6-3-7(10)9-5-4-8/h2-6,8H2,1H3,(H,9,10). The second kappa shape index (κ2) is 7.50. The summed E-state index contributed by atoms with van der Waals surface area (Å²) < 4.78 is 4.99. The molecule has 0 atom stereocenters. The number of carbonyl (C=O) groups is 1. The van der Waals surface area contributed by atoms with Crippen molar-refractivity contribution < 1.29 is 9.53 Å². The molecule has 0 saturated carbocycles. The Balaban J connectivity index is 3.09. The smallest absolute Gasteiger partial charge is 0.222 e. The van der Waals surface area contributed by atoms with E-state index in [2.05, 4.69) is 5.32 Å². The van der Waals surface area contributed by atoms with Crippen LogP contribution in [0.4, 0.5) is 0 Å². The van der Waals surface area contributed by atoms with Crippen molar-refractivity contribution in [1.29, 1.82) is 0 Å². The Hall–Kier alpha value is -0.610. The third-order valence-corrected chi connectivity index (χ3v) is 1.14. The Morgan fingerprint density at radius 1 is 1.64 bits per heavy atom. The summed E-state index contributed by atoms with van der Waals surface area (Å²) in [7, 11) is 0. The van der Waals surface area contributed by atoms with Gasteiger partial charge in [-0.1, -0.05) is 0 Å². The van der Waals surface area contributed by atoms with Gasteiger partial charge in [-0.25, -0.2) is 0 Å². The molecule has 66 valence electrons. The molecule has 0 radical (unpaired) electrons. The molecule has 0 aliphatic heterocycles. The lowest BCUT2D eigenvalue weighted by molar-refractivity contribution is -0.122. The zero-order valence-electron chi connectivity index (χ0n) is 6.93. The lowest BCUT2D eigenvalue weighted by atomic mass is 10.4. The first-order chi connectivity index (χ1) is 5.31. The van der Waals surface area contributed by atoms with E-state index < -0.39 is 0 Å². The Morgan fingerprint density at radius 2 is 2.36 bits per heavy atom. The fourth-order valence-electron chi connectivity index (χ4n) is 0.609. The Bertz CT molecular complexity index is 107. The average molecular weight is 160 g/mol. The molecule has 0 fully saturated rings. The maximum atomic E-state index is 10.8. The molecule has 0 heterocycles. The van der Waals surface area contributed by atoms with Crippen LogP contribution in [0.2, 0.25) is 0 Å². The molecule has 4 heteroatoms. The topological polar surface area (TPSA) is 64.3 Å². The summed E-state index contributed by atoms with van der Waals surface area (Å²) in [5.41, 5.74) is 5.19. The monoisotopic (exact) mass is 160 g/mol. The number of nitrogens with one attached hydrogen (secondary N) is 1. The fourth-order valence-corrected chi connectivity index (χ4v) is 0.609. The minimum atomic E-state index is 0.00361. The van der Waals surface area contributed by atoms with E-state index in [0.717, 1.165) is 0 Å². The second-order valence-electron chi connectivity index (χ2n) is 2.09. The van der Waals surface area contributed by atoms with Crippen LogP contribution in [-0.4, -0.2) is 32.2 Å². The van der Waals surface area contributed by atoms with Crippen LogP contribution in [0.3, 0.4) is 0 Å². The average Bonchev–Trinajstić information content (AvgIpc) is 2.01. The van der Waals surface area contributed by atoms with Gasteiger partial charge in [-0.05, 0) is 6.92 Å². The molecule has 0 aliphatic rings. The molecule has 0 aliphatic carbocycles. The molecule has 0 saturated heterocycles. The van der Waals surface area contributed by atoms with Crippen LogP contribution >= 0.6 is 0 Å². The van der Waals surface area contributed by atoms with Gasteiger partial charge < -0.3 is 15.8 Å². The highest BCUT2D eigenvalue weighted by Crippen LogP contribution is 1.81. The largest absolute Gasteiger partial charge is 0.381 e. The maximum absolute atomic E-state index is 10.8. The minimum Gasteiger partial charge on any atom is -0.381 e. The summed E-state index contributed by atoms with van der Waals surface area (Å²) in [6.45, 7) is 4.08.